The minimum atomic E-state index is -0.711. The largest absolute Gasteiger partial charge is 0.459 e. The summed E-state index contributed by atoms with van der Waals surface area (Å²) in [5.41, 5.74) is -0.886. The van der Waals surface area contributed by atoms with E-state index in [2.05, 4.69) is 9.84 Å². The van der Waals surface area contributed by atoms with Crippen LogP contribution in [0.5, 0.6) is 0 Å². The van der Waals surface area contributed by atoms with Crippen molar-refractivity contribution in [2.45, 2.75) is 72.6 Å². The lowest BCUT2D eigenvalue weighted by molar-refractivity contribution is -0.160. The van der Waals surface area contributed by atoms with E-state index in [1.165, 1.54) is 0 Å². The molecule has 5 nitrogen and oxygen atoms in total. The normalized spacial score (nSPS) is 13.2. The maximum atomic E-state index is 12.0. The first-order valence-electron chi connectivity index (χ1n) is 5.85. The molecule has 0 bridgehead atoms. The summed E-state index contributed by atoms with van der Waals surface area (Å²) in [6.45, 7) is 11.1. The maximum absolute atomic E-state index is 12.0. The molecule has 0 aromatic rings. The second kappa shape index (κ2) is 7.81. The number of carbonyl (C=O) groups is 2. The Balaban J connectivity index is 0. The Hall–Kier alpha value is -0.670. The second-order valence-corrected chi connectivity index (χ2v) is 6.41. The van der Waals surface area contributed by atoms with Crippen LogP contribution in [0, 0.1) is 0 Å². The second-order valence-electron chi connectivity index (χ2n) is 6.17. The third kappa shape index (κ3) is 10.9. The Bertz CT molecular complexity index is 305. The van der Waals surface area contributed by atoms with E-state index in [0.717, 1.165) is 0 Å². The van der Waals surface area contributed by atoms with E-state index in [0.29, 0.717) is 0 Å². The van der Waals surface area contributed by atoms with Crippen LogP contribution in [0.1, 0.15) is 55.4 Å². The molecule has 2 unspecified atom stereocenters. The highest BCUT2D eigenvalue weighted by Gasteiger charge is 2.30. The van der Waals surface area contributed by atoms with Crippen molar-refractivity contribution in [3.8, 4) is 0 Å². The summed E-state index contributed by atoms with van der Waals surface area (Å²) < 4.78 is 9.78. The Kier molecular flexibility index (Phi) is 8.48. The quantitative estimate of drug-likeness (QED) is 0.637. The molecule has 0 aromatic heterocycles. The van der Waals surface area contributed by atoms with Crippen molar-refractivity contribution >= 4 is 21.4 Å². The summed E-state index contributed by atoms with van der Waals surface area (Å²) in [6.07, 6.45) is -0.0598. The molecular weight excluding hydrogens is 265 g/mol. The van der Waals surface area contributed by atoms with Gasteiger partial charge in [0, 0.05) is 5.54 Å². The molecular formula is C13H28NO4P. The van der Waals surface area contributed by atoms with Crippen LogP contribution in [0.25, 0.3) is 0 Å². The maximum Gasteiger partial charge on any atom is 0.324 e. The number of rotatable bonds is 4. The number of nitrogens with one attached hydrogen (secondary N) is 1. The molecule has 0 amide bonds. The van der Waals surface area contributed by atoms with Gasteiger partial charge in [-0.05, 0) is 41.5 Å². The lowest BCUT2D eigenvalue weighted by Gasteiger charge is -2.29. The van der Waals surface area contributed by atoms with Crippen LogP contribution in [0.4, 0.5) is 0 Å². The predicted molar refractivity (Wildman–Crippen MR) is 79.7 cm³/mol. The number of esters is 1. The zero-order valence-electron chi connectivity index (χ0n) is 12.0. The predicted octanol–water partition coefficient (Wildman–Crippen LogP) is 2.44. The molecule has 0 fully saturated rings. The summed E-state index contributed by atoms with van der Waals surface area (Å²) in [5.74, 6) is -0.930. The lowest BCUT2D eigenvalue weighted by atomic mass is 10.1. The molecule has 6 heteroatoms. The molecule has 0 radical (unpaired) electrons. The van der Waals surface area contributed by atoms with Gasteiger partial charge in [0.2, 0.25) is 0 Å². The summed E-state index contributed by atoms with van der Waals surface area (Å²) >= 11 is 0. The van der Waals surface area contributed by atoms with Crippen LogP contribution in [-0.2, 0) is 18.8 Å². The van der Waals surface area contributed by atoms with E-state index in [1.54, 1.807) is 20.8 Å². The van der Waals surface area contributed by atoms with Gasteiger partial charge in [0.15, 0.2) is 0 Å². The molecule has 0 aliphatic carbocycles. The Labute approximate surface area is 119 Å². The van der Waals surface area contributed by atoms with Crippen LogP contribution >= 0.6 is 9.47 Å². The Morgan fingerprint density at radius 1 is 1.16 bits per heavy atom. The van der Waals surface area contributed by atoms with Crippen LogP contribution < -0.4 is 5.32 Å². The third-order valence-corrected chi connectivity index (χ3v) is 2.06. The van der Waals surface area contributed by atoms with E-state index >= 15 is 0 Å². The van der Waals surface area contributed by atoms with Gasteiger partial charge in [-0.2, -0.15) is 0 Å². The zero-order valence-corrected chi connectivity index (χ0v) is 13.1. The fraction of sp³-hybridized carbons (Fsp3) is 0.846. The molecule has 0 rings (SSSR count). The molecule has 0 aromatic carbocycles. The van der Waals surface area contributed by atoms with Crippen molar-refractivity contribution in [2.75, 3.05) is 0 Å². The molecule has 0 saturated carbocycles. The summed E-state index contributed by atoms with van der Waals surface area (Å²) in [5, 5.41) is 3.06. The minimum absolute atomic E-state index is 0. The van der Waals surface area contributed by atoms with Crippen molar-refractivity contribution in [1.82, 2.24) is 5.32 Å². The number of hydrogen-bond donors (Lipinski definition) is 1. The SMILES string of the molecule is C.CC(C)(C)NC(CC(=O)OP)C(=O)OC(C)(C)C. The molecule has 19 heavy (non-hydrogen) atoms. The third-order valence-electron chi connectivity index (χ3n) is 1.80. The molecule has 0 aliphatic heterocycles. The number of ether oxygens (including phenoxy) is 1. The highest BCUT2D eigenvalue weighted by Crippen LogP contribution is 2.13. The standard InChI is InChI=1S/C12H24NO4P.CH4/c1-11(2,3)13-8(7-9(14)17-18)10(15)16-12(4,5)6;/h8,13H,7,18H2,1-6H3;1H4. The molecule has 0 spiro atoms. The number of hydrogen-bond acceptors (Lipinski definition) is 5. The van der Waals surface area contributed by atoms with Gasteiger partial charge in [-0.3, -0.25) is 14.9 Å². The summed E-state index contributed by atoms with van der Waals surface area (Å²) in [6, 6.07) is -0.711. The topological polar surface area (TPSA) is 64.6 Å². The van der Waals surface area contributed by atoms with Crippen LogP contribution in [0.3, 0.4) is 0 Å². The molecule has 1 N–H and O–H groups in total. The van der Waals surface area contributed by atoms with Crippen molar-refractivity contribution in [2.24, 2.45) is 0 Å². The van der Waals surface area contributed by atoms with E-state index in [1.807, 2.05) is 30.2 Å². The first-order chi connectivity index (χ1) is 7.94. The van der Waals surface area contributed by atoms with Crippen LogP contribution in [0.15, 0.2) is 0 Å². The molecule has 0 saturated heterocycles. The van der Waals surface area contributed by atoms with Gasteiger partial charge >= 0.3 is 11.9 Å². The van der Waals surface area contributed by atoms with E-state index in [-0.39, 0.29) is 19.4 Å². The lowest BCUT2D eigenvalue weighted by Crippen LogP contribution is -2.50. The van der Waals surface area contributed by atoms with Gasteiger partial charge in [0.05, 0.1) is 15.9 Å². The summed E-state index contributed by atoms with van der Waals surface area (Å²) in [7, 11) is 1.88. The van der Waals surface area contributed by atoms with Crippen molar-refractivity contribution in [3.63, 3.8) is 0 Å². The van der Waals surface area contributed by atoms with Gasteiger partial charge in [-0.15, -0.1) is 0 Å². The Morgan fingerprint density at radius 3 is 1.95 bits per heavy atom. The van der Waals surface area contributed by atoms with Gasteiger partial charge in [-0.1, -0.05) is 7.43 Å². The highest BCUT2D eigenvalue weighted by molar-refractivity contribution is 7.10. The van der Waals surface area contributed by atoms with Crippen LogP contribution in [-0.4, -0.2) is 29.1 Å². The van der Waals surface area contributed by atoms with Crippen molar-refractivity contribution in [3.05, 3.63) is 0 Å². The smallest absolute Gasteiger partial charge is 0.324 e. The Morgan fingerprint density at radius 2 is 1.63 bits per heavy atom. The van der Waals surface area contributed by atoms with Gasteiger partial charge < -0.3 is 9.26 Å². The van der Waals surface area contributed by atoms with Crippen LogP contribution in [0.2, 0.25) is 0 Å². The van der Waals surface area contributed by atoms with Gasteiger partial charge in [0.1, 0.15) is 11.6 Å². The average molecular weight is 293 g/mol. The molecule has 114 valence electrons. The van der Waals surface area contributed by atoms with Gasteiger partial charge in [-0.25, -0.2) is 0 Å². The average Bonchev–Trinajstić information content (AvgIpc) is 2.11. The van der Waals surface area contributed by atoms with E-state index in [9.17, 15) is 9.59 Å². The first-order valence-corrected chi connectivity index (χ1v) is 6.32. The minimum Gasteiger partial charge on any atom is -0.459 e. The fourth-order valence-corrected chi connectivity index (χ4v) is 1.40. The van der Waals surface area contributed by atoms with E-state index < -0.39 is 23.6 Å². The van der Waals surface area contributed by atoms with Crippen molar-refractivity contribution < 1.29 is 18.8 Å². The monoisotopic (exact) mass is 293 g/mol. The first kappa shape index (κ1) is 20.6. The number of carbonyl (C=O) groups excluding carboxylic acids is 2. The van der Waals surface area contributed by atoms with Gasteiger partial charge in [0.25, 0.3) is 0 Å². The van der Waals surface area contributed by atoms with Crippen molar-refractivity contribution in [1.29, 1.82) is 0 Å². The van der Waals surface area contributed by atoms with E-state index in [4.69, 9.17) is 4.74 Å². The fourth-order valence-electron chi connectivity index (χ4n) is 1.30. The zero-order chi connectivity index (χ0) is 14.6. The molecule has 0 heterocycles. The molecule has 0 aliphatic rings. The summed E-state index contributed by atoms with van der Waals surface area (Å²) in [4.78, 5) is 23.3. The molecule has 2 atom stereocenters. The highest BCUT2D eigenvalue weighted by atomic mass is 31.0.